The normalized spacial score (nSPS) is 10.1. The molecule has 0 saturated carbocycles. The summed E-state index contributed by atoms with van der Waals surface area (Å²) < 4.78 is 24.7. The second-order valence-corrected chi connectivity index (χ2v) is 2.99. The minimum atomic E-state index is -2.89. The van der Waals surface area contributed by atoms with E-state index < -0.39 is 18.4 Å². The number of rotatable bonds is 3. The van der Waals surface area contributed by atoms with Gasteiger partial charge in [-0.25, -0.2) is 8.78 Å². The SMILES string of the molecule is CC.CC(F)(F)CNC(=O)c1cccnc1. The van der Waals surface area contributed by atoms with Crippen LogP contribution < -0.4 is 5.32 Å². The molecule has 0 aliphatic carbocycles. The quantitative estimate of drug-likeness (QED) is 0.866. The number of halogens is 2. The lowest BCUT2D eigenvalue weighted by molar-refractivity contribution is 0.0221. The molecule has 1 heterocycles. The van der Waals surface area contributed by atoms with Crippen LogP contribution in [0.15, 0.2) is 24.5 Å². The molecule has 0 unspecified atom stereocenters. The fourth-order valence-electron chi connectivity index (χ4n) is 0.835. The molecule has 16 heavy (non-hydrogen) atoms. The zero-order valence-electron chi connectivity index (χ0n) is 9.63. The summed E-state index contributed by atoms with van der Waals surface area (Å²) in [6, 6.07) is 3.08. The monoisotopic (exact) mass is 230 g/mol. The van der Waals surface area contributed by atoms with Crippen molar-refractivity contribution in [2.45, 2.75) is 26.7 Å². The molecule has 3 nitrogen and oxygen atoms in total. The molecule has 1 aromatic heterocycles. The van der Waals surface area contributed by atoms with Crippen molar-refractivity contribution < 1.29 is 13.6 Å². The predicted molar refractivity (Wildman–Crippen MR) is 58.5 cm³/mol. The summed E-state index contributed by atoms with van der Waals surface area (Å²) in [7, 11) is 0. The summed E-state index contributed by atoms with van der Waals surface area (Å²) in [5.41, 5.74) is 0.275. The second-order valence-electron chi connectivity index (χ2n) is 2.99. The molecular formula is C11H16F2N2O. The molecule has 0 aromatic carbocycles. The Bertz CT molecular complexity index is 310. The Morgan fingerprint density at radius 2 is 2.12 bits per heavy atom. The zero-order chi connectivity index (χ0) is 12.6. The standard InChI is InChI=1S/C9H10F2N2O.C2H6/c1-9(10,11)6-13-8(14)7-3-2-4-12-5-7;1-2/h2-5H,6H2,1H3,(H,13,14);1-2H3. The molecule has 1 amide bonds. The van der Waals surface area contributed by atoms with Crippen LogP contribution >= 0.6 is 0 Å². The van der Waals surface area contributed by atoms with Crippen LogP contribution in [-0.4, -0.2) is 23.4 Å². The first-order valence-corrected chi connectivity index (χ1v) is 5.05. The molecule has 1 N–H and O–H groups in total. The highest BCUT2D eigenvalue weighted by molar-refractivity contribution is 5.93. The summed E-state index contributed by atoms with van der Waals surface area (Å²) >= 11 is 0. The van der Waals surface area contributed by atoms with E-state index in [4.69, 9.17) is 0 Å². The van der Waals surface area contributed by atoms with E-state index in [1.165, 1.54) is 18.5 Å². The van der Waals surface area contributed by atoms with Crippen LogP contribution in [-0.2, 0) is 0 Å². The Kier molecular flexibility index (Phi) is 6.22. The predicted octanol–water partition coefficient (Wildman–Crippen LogP) is 2.49. The number of carbonyl (C=O) groups is 1. The van der Waals surface area contributed by atoms with E-state index in [-0.39, 0.29) is 5.56 Å². The van der Waals surface area contributed by atoms with Gasteiger partial charge in [0.25, 0.3) is 11.8 Å². The molecule has 5 heteroatoms. The minimum absolute atomic E-state index is 0.275. The number of aromatic nitrogens is 1. The third kappa shape index (κ3) is 6.06. The van der Waals surface area contributed by atoms with Gasteiger partial charge in [0.15, 0.2) is 0 Å². The summed E-state index contributed by atoms with van der Waals surface area (Å²) in [6.45, 7) is 4.08. The molecule has 0 bridgehead atoms. The van der Waals surface area contributed by atoms with Gasteiger partial charge in [-0.1, -0.05) is 13.8 Å². The highest BCUT2D eigenvalue weighted by Gasteiger charge is 2.21. The van der Waals surface area contributed by atoms with Crippen molar-refractivity contribution >= 4 is 5.91 Å². The van der Waals surface area contributed by atoms with Gasteiger partial charge < -0.3 is 5.32 Å². The van der Waals surface area contributed by atoms with E-state index in [2.05, 4.69) is 10.3 Å². The fraction of sp³-hybridized carbons (Fsp3) is 0.455. The average molecular weight is 230 g/mol. The number of amides is 1. The molecule has 0 saturated heterocycles. The zero-order valence-corrected chi connectivity index (χ0v) is 9.63. The van der Waals surface area contributed by atoms with Crippen LogP contribution in [0.1, 0.15) is 31.1 Å². The van der Waals surface area contributed by atoms with Crippen molar-refractivity contribution in [3.8, 4) is 0 Å². The van der Waals surface area contributed by atoms with Crippen LogP contribution in [0, 0.1) is 0 Å². The lowest BCUT2D eigenvalue weighted by atomic mass is 10.2. The molecule has 0 aliphatic heterocycles. The highest BCUT2D eigenvalue weighted by Crippen LogP contribution is 2.09. The number of nitrogens with one attached hydrogen (secondary N) is 1. The Labute approximate surface area is 93.9 Å². The highest BCUT2D eigenvalue weighted by atomic mass is 19.3. The lowest BCUT2D eigenvalue weighted by Crippen LogP contribution is -2.34. The first kappa shape index (κ1) is 14.5. The topological polar surface area (TPSA) is 42.0 Å². The van der Waals surface area contributed by atoms with Crippen molar-refractivity contribution in [2.24, 2.45) is 0 Å². The summed E-state index contributed by atoms with van der Waals surface area (Å²) in [5, 5.41) is 2.11. The number of alkyl halides is 2. The molecule has 0 radical (unpaired) electrons. The van der Waals surface area contributed by atoms with E-state index in [0.29, 0.717) is 0 Å². The molecule has 1 aromatic rings. The Morgan fingerprint density at radius 3 is 2.56 bits per heavy atom. The first-order valence-electron chi connectivity index (χ1n) is 5.05. The van der Waals surface area contributed by atoms with Crippen LogP contribution in [0.2, 0.25) is 0 Å². The van der Waals surface area contributed by atoms with Crippen molar-refractivity contribution in [1.82, 2.24) is 10.3 Å². The third-order valence-corrected chi connectivity index (χ3v) is 1.48. The lowest BCUT2D eigenvalue weighted by Gasteiger charge is -2.10. The van der Waals surface area contributed by atoms with Gasteiger partial charge in [0.05, 0.1) is 12.1 Å². The summed E-state index contributed by atoms with van der Waals surface area (Å²) in [6.07, 6.45) is 2.83. The maximum absolute atomic E-state index is 12.4. The smallest absolute Gasteiger partial charge is 0.262 e. The number of carbonyl (C=O) groups excluding carboxylic acids is 1. The molecule has 0 atom stereocenters. The Hall–Kier alpha value is -1.52. The van der Waals surface area contributed by atoms with Gasteiger partial charge in [-0.05, 0) is 12.1 Å². The van der Waals surface area contributed by atoms with Gasteiger partial charge in [-0.2, -0.15) is 0 Å². The molecule has 1 rings (SSSR count). The van der Waals surface area contributed by atoms with Crippen molar-refractivity contribution in [3.05, 3.63) is 30.1 Å². The van der Waals surface area contributed by atoms with Crippen LogP contribution in [0.5, 0.6) is 0 Å². The van der Waals surface area contributed by atoms with Gasteiger partial charge in [-0.15, -0.1) is 0 Å². The molecule has 0 fully saturated rings. The van der Waals surface area contributed by atoms with E-state index in [0.717, 1.165) is 6.92 Å². The van der Waals surface area contributed by atoms with E-state index in [9.17, 15) is 13.6 Å². The summed E-state index contributed by atoms with van der Waals surface area (Å²) in [5.74, 6) is -3.43. The third-order valence-electron chi connectivity index (χ3n) is 1.48. The number of pyridine rings is 1. The van der Waals surface area contributed by atoms with E-state index in [1.54, 1.807) is 6.07 Å². The number of nitrogens with zero attached hydrogens (tertiary/aromatic N) is 1. The van der Waals surface area contributed by atoms with Crippen LogP contribution in [0.4, 0.5) is 8.78 Å². The van der Waals surface area contributed by atoms with E-state index >= 15 is 0 Å². The van der Waals surface area contributed by atoms with Gasteiger partial charge in [0, 0.05) is 19.3 Å². The second kappa shape index (κ2) is 6.87. The van der Waals surface area contributed by atoms with Gasteiger partial charge in [0.1, 0.15) is 0 Å². The van der Waals surface area contributed by atoms with Crippen molar-refractivity contribution in [2.75, 3.05) is 6.54 Å². The van der Waals surface area contributed by atoms with Crippen molar-refractivity contribution in [1.29, 1.82) is 0 Å². The number of hydrogen-bond donors (Lipinski definition) is 1. The van der Waals surface area contributed by atoms with Gasteiger partial charge >= 0.3 is 0 Å². The maximum Gasteiger partial charge on any atom is 0.262 e. The van der Waals surface area contributed by atoms with Gasteiger partial charge in [0.2, 0.25) is 0 Å². The molecular weight excluding hydrogens is 214 g/mol. The fourth-order valence-corrected chi connectivity index (χ4v) is 0.835. The van der Waals surface area contributed by atoms with Crippen molar-refractivity contribution in [3.63, 3.8) is 0 Å². The molecule has 0 spiro atoms. The summed E-state index contributed by atoms with van der Waals surface area (Å²) in [4.78, 5) is 14.9. The average Bonchev–Trinajstić information content (AvgIpc) is 2.29. The van der Waals surface area contributed by atoms with Gasteiger partial charge in [-0.3, -0.25) is 9.78 Å². The Morgan fingerprint density at radius 1 is 1.50 bits per heavy atom. The maximum atomic E-state index is 12.4. The van der Waals surface area contributed by atoms with Crippen LogP contribution in [0.3, 0.4) is 0 Å². The molecule has 0 aliphatic rings. The largest absolute Gasteiger partial charge is 0.346 e. The van der Waals surface area contributed by atoms with Crippen LogP contribution in [0.25, 0.3) is 0 Å². The number of hydrogen-bond acceptors (Lipinski definition) is 2. The minimum Gasteiger partial charge on any atom is -0.346 e. The Balaban J connectivity index is 0.00000106. The molecule has 90 valence electrons. The van der Waals surface area contributed by atoms with E-state index in [1.807, 2.05) is 13.8 Å². The first-order chi connectivity index (χ1) is 7.49.